The summed E-state index contributed by atoms with van der Waals surface area (Å²) in [6, 6.07) is 3.67. The van der Waals surface area contributed by atoms with Crippen molar-refractivity contribution in [2.24, 2.45) is 5.92 Å². The number of amides is 2. The SMILES string of the molecule is Cc1cc(C(=O)N(C)CCNC(=O)C(C)C#N)c2c(C)nn(C(C)(C)C)c2n1. The molecule has 0 aliphatic heterocycles. The van der Waals surface area contributed by atoms with Gasteiger partial charge in [0.1, 0.15) is 5.92 Å². The predicted molar refractivity (Wildman–Crippen MR) is 107 cm³/mol. The first kappa shape index (κ1) is 21.4. The molecule has 0 saturated heterocycles. The minimum atomic E-state index is -0.714. The first-order valence-corrected chi connectivity index (χ1v) is 9.27. The predicted octanol–water partition coefficient (Wildman–Crippen LogP) is 2.15. The van der Waals surface area contributed by atoms with Gasteiger partial charge < -0.3 is 10.2 Å². The monoisotopic (exact) mass is 384 g/mol. The molecular weight excluding hydrogens is 356 g/mol. The maximum absolute atomic E-state index is 13.1. The van der Waals surface area contributed by atoms with E-state index in [-0.39, 0.29) is 23.9 Å². The molecule has 0 aliphatic rings. The second-order valence-corrected chi connectivity index (χ2v) is 8.05. The molecule has 1 N–H and O–H groups in total. The number of pyridine rings is 1. The third-order valence-corrected chi connectivity index (χ3v) is 4.49. The molecule has 0 radical (unpaired) electrons. The van der Waals surface area contributed by atoms with Crippen LogP contribution in [0.1, 0.15) is 49.4 Å². The molecule has 1 atom stereocenters. The van der Waals surface area contributed by atoms with Gasteiger partial charge in [0.2, 0.25) is 5.91 Å². The molecule has 1 unspecified atom stereocenters. The number of hydrogen-bond donors (Lipinski definition) is 1. The van der Waals surface area contributed by atoms with Gasteiger partial charge in [-0.2, -0.15) is 10.4 Å². The van der Waals surface area contributed by atoms with E-state index in [2.05, 4.69) is 15.4 Å². The Kier molecular flexibility index (Phi) is 6.07. The molecule has 0 fully saturated rings. The van der Waals surface area contributed by atoms with Gasteiger partial charge in [0.15, 0.2) is 5.65 Å². The van der Waals surface area contributed by atoms with E-state index in [4.69, 9.17) is 5.26 Å². The molecule has 0 saturated carbocycles. The second-order valence-electron chi connectivity index (χ2n) is 8.05. The summed E-state index contributed by atoms with van der Waals surface area (Å²) in [5, 5.41) is 16.8. The second kappa shape index (κ2) is 7.97. The molecule has 2 aromatic heterocycles. The summed E-state index contributed by atoms with van der Waals surface area (Å²) in [5.41, 5.74) is 2.48. The summed E-state index contributed by atoms with van der Waals surface area (Å²) in [5.74, 6) is -1.21. The minimum absolute atomic E-state index is 0.158. The molecule has 2 amide bonds. The Morgan fingerprint density at radius 3 is 2.57 bits per heavy atom. The maximum Gasteiger partial charge on any atom is 0.254 e. The number of nitrogens with one attached hydrogen (secondary N) is 1. The Hall–Kier alpha value is -2.95. The first-order valence-electron chi connectivity index (χ1n) is 9.27. The van der Waals surface area contributed by atoms with E-state index in [0.29, 0.717) is 17.8 Å². The fourth-order valence-corrected chi connectivity index (χ4v) is 2.92. The standard InChI is InChI=1S/C20H28N6O2/c1-12(11-21)18(27)22-8-9-25(7)19(28)15-10-13(2)23-17-16(15)14(3)24-26(17)20(4,5)6/h10,12H,8-9H2,1-7H3,(H,22,27). The lowest BCUT2D eigenvalue weighted by atomic mass is 10.1. The zero-order valence-corrected chi connectivity index (χ0v) is 17.6. The molecule has 0 spiro atoms. The number of fused-ring (bicyclic) bond motifs is 1. The average molecular weight is 384 g/mol. The van der Waals surface area contributed by atoms with Gasteiger partial charge in [-0.3, -0.25) is 9.59 Å². The fourth-order valence-electron chi connectivity index (χ4n) is 2.92. The van der Waals surface area contributed by atoms with Crippen molar-refractivity contribution in [1.29, 1.82) is 5.26 Å². The van der Waals surface area contributed by atoms with Crippen LogP contribution in [0.25, 0.3) is 11.0 Å². The van der Waals surface area contributed by atoms with Crippen LogP contribution in [0.5, 0.6) is 0 Å². The van der Waals surface area contributed by atoms with Gasteiger partial charge in [-0.15, -0.1) is 0 Å². The van der Waals surface area contributed by atoms with Crippen molar-refractivity contribution in [2.75, 3.05) is 20.1 Å². The fraction of sp³-hybridized carbons (Fsp3) is 0.550. The highest BCUT2D eigenvalue weighted by atomic mass is 16.2. The van der Waals surface area contributed by atoms with Crippen molar-refractivity contribution < 1.29 is 9.59 Å². The van der Waals surface area contributed by atoms with Gasteiger partial charge in [-0.1, -0.05) is 0 Å². The molecule has 8 nitrogen and oxygen atoms in total. The van der Waals surface area contributed by atoms with Crippen LogP contribution in [0.3, 0.4) is 0 Å². The van der Waals surface area contributed by atoms with Crippen LogP contribution in [-0.4, -0.2) is 51.6 Å². The Morgan fingerprint density at radius 1 is 1.36 bits per heavy atom. The zero-order valence-electron chi connectivity index (χ0n) is 17.6. The minimum Gasteiger partial charge on any atom is -0.353 e. The van der Waals surface area contributed by atoms with Crippen molar-refractivity contribution in [3.63, 3.8) is 0 Å². The summed E-state index contributed by atoms with van der Waals surface area (Å²) in [4.78, 5) is 31.0. The van der Waals surface area contributed by atoms with Crippen LogP contribution < -0.4 is 5.32 Å². The number of rotatable bonds is 5. The topological polar surface area (TPSA) is 104 Å². The lowest BCUT2D eigenvalue weighted by molar-refractivity contribution is -0.122. The summed E-state index contributed by atoms with van der Waals surface area (Å²) in [6.07, 6.45) is 0. The van der Waals surface area contributed by atoms with Crippen LogP contribution in [-0.2, 0) is 10.3 Å². The Balaban J connectivity index is 2.29. The number of aryl methyl sites for hydroxylation is 2. The smallest absolute Gasteiger partial charge is 0.254 e. The third-order valence-electron chi connectivity index (χ3n) is 4.49. The maximum atomic E-state index is 13.1. The number of nitrogens with zero attached hydrogens (tertiary/aromatic N) is 5. The van der Waals surface area contributed by atoms with Gasteiger partial charge in [0, 0.05) is 25.8 Å². The quantitative estimate of drug-likeness (QED) is 0.851. The number of hydrogen-bond acceptors (Lipinski definition) is 5. The van der Waals surface area contributed by atoms with Gasteiger partial charge in [-0.25, -0.2) is 9.67 Å². The molecule has 28 heavy (non-hydrogen) atoms. The van der Waals surface area contributed by atoms with E-state index in [1.54, 1.807) is 18.0 Å². The summed E-state index contributed by atoms with van der Waals surface area (Å²) >= 11 is 0. The molecular formula is C20H28N6O2. The summed E-state index contributed by atoms with van der Waals surface area (Å²) < 4.78 is 1.85. The largest absolute Gasteiger partial charge is 0.353 e. The highest BCUT2D eigenvalue weighted by Gasteiger charge is 2.25. The van der Waals surface area contributed by atoms with Crippen molar-refractivity contribution in [3.8, 4) is 6.07 Å². The zero-order chi connectivity index (χ0) is 21.2. The Morgan fingerprint density at radius 2 is 2.00 bits per heavy atom. The Labute approximate surface area is 165 Å². The number of carbonyl (C=O) groups excluding carboxylic acids is 2. The normalized spacial score (nSPS) is 12.5. The summed E-state index contributed by atoms with van der Waals surface area (Å²) in [7, 11) is 1.69. The number of likely N-dealkylation sites (N-methyl/N-ethyl adjacent to an activating group) is 1. The molecule has 0 bridgehead atoms. The van der Waals surface area contributed by atoms with Gasteiger partial charge >= 0.3 is 0 Å². The van der Waals surface area contributed by atoms with Crippen LogP contribution >= 0.6 is 0 Å². The van der Waals surface area contributed by atoms with Crippen LogP contribution in [0, 0.1) is 31.1 Å². The first-order chi connectivity index (χ1) is 13.0. The molecule has 2 heterocycles. The van der Waals surface area contributed by atoms with Crippen LogP contribution in [0.2, 0.25) is 0 Å². The van der Waals surface area contributed by atoms with Crippen molar-refractivity contribution in [2.45, 2.75) is 47.1 Å². The van der Waals surface area contributed by atoms with Crippen LogP contribution in [0.15, 0.2) is 6.07 Å². The number of carbonyl (C=O) groups is 2. The average Bonchev–Trinajstić information content (AvgIpc) is 2.96. The highest BCUT2D eigenvalue weighted by molar-refractivity contribution is 6.06. The molecule has 0 aliphatic carbocycles. The van der Waals surface area contributed by atoms with E-state index in [0.717, 1.165) is 16.8 Å². The molecule has 8 heteroatoms. The summed E-state index contributed by atoms with van der Waals surface area (Å²) in [6.45, 7) is 12.0. The van der Waals surface area contributed by atoms with Gasteiger partial charge in [0.05, 0.1) is 28.3 Å². The van der Waals surface area contributed by atoms with E-state index < -0.39 is 5.92 Å². The van der Waals surface area contributed by atoms with Crippen molar-refractivity contribution in [1.82, 2.24) is 25.0 Å². The molecule has 2 rings (SSSR count). The van der Waals surface area contributed by atoms with Crippen molar-refractivity contribution >= 4 is 22.8 Å². The van der Waals surface area contributed by atoms with E-state index in [9.17, 15) is 9.59 Å². The molecule has 2 aromatic rings. The third kappa shape index (κ3) is 4.30. The highest BCUT2D eigenvalue weighted by Crippen LogP contribution is 2.27. The van der Waals surface area contributed by atoms with Crippen LogP contribution in [0.4, 0.5) is 0 Å². The van der Waals surface area contributed by atoms with Crippen molar-refractivity contribution in [3.05, 3.63) is 23.0 Å². The van der Waals surface area contributed by atoms with E-state index >= 15 is 0 Å². The Bertz CT molecular complexity index is 948. The lowest BCUT2D eigenvalue weighted by Gasteiger charge is -2.21. The lowest BCUT2D eigenvalue weighted by Crippen LogP contribution is -2.38. The molecule has 0 aromatic carbocycles. The van der Waals surface area contributed by atoms with E-state index in [1.165, 1.54) is 6.92 Å². The van der Waals surface area contributed by atoms with E-state index in [1.807, 2.05) is 45.4 Å². The molecule has 150 valence electrons. The van der Waals surface area contributed by atoms with Gasteiger partial charge in [-0.05, 0) is 47.6 Å². The number of aromatic nitrogens is 3. The number of nitriles is 1. The van der Waals surface area contributed by atoms with Gasteiger partial charge in [0.25, 0.3) is 5.91 Å².